The van der Waals surface area contributed by atoms with E-state index in [4.69, 9.17) is 11.6 Å². The summed E-state index contributed by atoms with van der Waals surface area (Å²) in [6.45, 7) is 3.85. The molecule has 0 bridgehead atoms. The topological polar surface area (TPSA) is 65.1 Å². The maximum Gasteiger partial charge on any atom is 0.332 e. The van der Waals surface area contributed by atoms with Crippen LogP contribution in [0.1, 0.15) is 19.8 Å². The fraction of sp³-hybridized carbons (Fsp3) is 0.389. The Kier molecular flexibility index (Phi) is 4.11. The number of halogens is 1. The van der Waals surface area contributed by atoms with Crippen molar-refractivity contribution in [3.8, 4) is 0 Å². The number of aryl methyl sites for hydroxylation is 2. The summed E-state index contributed by atoms with van der Waals surface area (Å²) < 4.78 is 4.71. The molecule has 1 aliphatic rings. The van der Waals surface area contributed by atoms with Crippen molar-refractivity contribution in [2.45, 2.75) is 32.9 Å². The van der Waals surface area contributed by atoms with Crippen LogP contribution in [0, 0.1) is 0 Å². The Bertz CT molecular complexity index is 1090. The van der Waals surface area contributed by atoms with Gasteiger partial charge in [0.05, 0.1) is 0 Å². The van der Waals surface area contributed by atoms with Crippen LogP contribution in [0.15, 0.2) is 33.9 Å². The normalized spacial score (nSPS) is 14.0. The Labute approximate surface area is 155 Å². The van der Waals surface area contributed by atoms with Crippen LogP contribution in [-0.4, -0.2) is 25.2 Å². The summed E-state index contributed by atoms with van der Waals surface area (Å²) in [5.41, 5.74) is 1.31. The highest BCUT2D eigenvalue weighted by molar-refractivity contribution is 6.30. The van der Waals surface area contributed by atoms with E-state index >= 15 is 0 Å². The van der Waals surface area contributed by atoms with Crippen molar-refractivity contribution in [3.63, 3.8) is 0 Å². The van der Waals surface area contributed by atoms with Gasteiger partial charge < -0.3 is 9.47 Å². The highest BCUT2D eigenvalue weighted by Gasteiger charge is 2.26. The summed E-state index contributed by atoms with van der Waals surface area (Å²) in [4.78, 5) is 32.2. The molecule has 136 valence electrons. The monoisotopic (exact) mass is 373 g/mol. The van der Waals surface area contributed by atoms with E-state index in [0.29, 0.717) is 35.2 Å². The van der Waals surface area contributed by atoms with Crippen molar-refractivity contribution >= 4 is 34.4 Å². The van der Waals surface area contributed by atoms with Crippen LogP contribution in [0.5, 0.6) is 0 Å². The Hall–Kier alpha value is -2.54. The summed E-state index contributed by atoms with van der Waals surface area (Å²) in [5.74, 6) is 0.690. The molecule has 0 spiro atoms. The molecule has 0 N–H and O–H groups in total. The molecule has 0 fully saturated rings. The molecule has 0 radical (unpaired) electrons. The third-order valence-corrected chi connectivity index (χ3v) is 5.05. The van der Waals surface area contributed by atoms with Crippen molar-refractivity contribution in [2.75, 3.05) is 11.4 Å². The fourth-order valence-corrected chi connectivity index (χ4v) is 3.68. The third-order valence-electron chi connectivity index (χ3n) is 4.80. The average molecular weight is 374 g/mol. The van der Waals surface area contributed by atoms with Gasteiger partial charge in [-0.1, -0.05) is 18.5 Å². The van der Waals surface area contributed by atoms with E-state index in [1.807, 2.05) is 35.8 Å². The first-order valence-electron chi connectivity index (χ1n) is 8.76. The van der Waals surface area contributed by atoms with Gasteiger partial charge in [-0.05, 0) is 37.1 Å². The van der Waals surface area contributed by atoms with Crippen molar-refractivity contribution in [2.24, 2.45) is 7.05 Å². The Balaban J connectivity index is 1.98. The summed E-state index contributed by atoms with van der Waals surface area (Å²) in [7, 11) is 1.67. The van der Waals surface area contributed by atoms with Gasteiger partial charge in [0.15, 0.2) is 11.2 Å². The lowest BCUT2D eigenvalue weighted by Gasteiger charge is -2.29. The summed E-state index contributed by atoms with van der Waals surface area (Å²) in [6, 6.07) is 7.54. The molecule has 3 aromatic rings. The summed E-state index contributed by atoms with van der Waals surface area (Å²) in [6.07, 6.45) is 1.61. The predicted molar refractivity (Wildman–Crippen MR) is 103 cm³/mol. The van der Waals surface area contributed by atoms with Gasteiger partial charge >= 0.3 is 5.69 Å². The highest BCUT2D eigenvalue weighted by Crippen LogP contribution is 2.31. The van der Waals surface area contributed by atoms with E-state index in [1.165, 1.54) is 9.13 Å². The van der Waals surface area contributed by atoms with E-state index in [9.17, 15) is 9.59 Å². The van der Waals surface area contributed by atoms with Gasteiger partial charge in [0.25, 0.3) is 5.56 Å². The number of hydrogen-bond acceptors (Lipinski definition) is 4. The molecule has 0 amide bonds. The zero-order valence-electron chi connectivity index (χ0n) is 14.8. The van der Waals surface area contributed by atoms with Gasteiger partial charge in [-0.15, -0.1) is 0 Å². The average Bonchev–Trinajstić information content (AvgIpc) is 3.04. The second kappa shape index (κ2) is 6.32. The van der Waals surface area contributed by atoms with Crippen LogP contribution >= 0.6 is 11.6 Å². The molecule has 2 aromatic heterocycles. The van der Waals surface area contributed by atoms with Crippen LogP contribution in [-0.2, 0) is 20.1 Å². The molecule has 0 unspecified atom stereocenters. The third kappa shape index (κ3) is 2.46. The molecule has 0 saturated heterocycles. The second-order valence-corrected chi connectivity index (χ2v) is 6.95. The quantitative estimate of drug-likeness (QED) is 0.707. The van der Waals surface area contributed by atoms with Gasteiger partial charge in [-0.2, -0.15) is 4.98 Å². The standard InChI is InChI=1S/C18H20ClN5O2/c1-3-9-24-16(25)14-15(21(2)18(24)26)20-17-22(10-4-11-23(14)17)13-7-5-12(19)6-8-13/h5-8H,3-4,9-11H2,1-2H3. The number of rotatable bonds is 3. The molecular weight excluding hydrogens is 354 g/mol. The highest BCUT2D eigenvalue weighted by atomic mass is 35.5. The number of imidazole rings is 1. The Morgan fingerprint density at radius 3 is 2.58 bits per heavy atom. The van der Waals surface area contributed by atoms with E-state index in [2.05, 4.69) is 9.88 Å². The van der Waals surface area contributed by atoms with Crippen molar-refractivity contribution < 1.29 is 0 Å². The number of aromatic nitrogens is 4. The first kappa shape index (κ1) is 16.9. The number of anilines is 2. The lowest BCUT2D eigenvalue weighted by Crippen LogP contribution is -2.39. The molecule has 4 rings (SSSR count). The number of nitrogens with zero attached hydrogens (tertiary/aromatic N) is 5. The van der Waals surface area contributed by atoms with E-state index in [1.54, 1.807) is 7.05 Å². The van der Waals surface area contributed by atoms with E-state index in [-0.39, 0.29) is 11.2 Å². The van der Waals surface area contributed by atoms with E-state index in [0.717, 1.165) is 25.1 Å². The van der Waals surface area contributed by atoms with Crippen LogP contribution < -0.4 is 16.1 Å². The Morgan fingerprint density at radius 2 is 1.88 bits per heavy atom. The first-order chi connectivity index (χ1) is 12.5. The minimum Gasteiger partial charge on any atom is -0.312 e. The predicted octanol–water partition coefficient (Wildman–Crippen LogP) is 2.50. The molecule has 0 saturated carbocycles. The van der Waals surface area contributed by atoms with Crippen LogP contribution in [0.4, 0.5) is 11.6 Å². The van der Waals surface area contributed by atoms with Gasteiger partial charge in [0, 0.05) is 37.4 Å². The van der Waals surface area contributed by atoms with Crippen LogP contribution in [0.2, 0.25) is 5.02 Å². The summed E-state index contributed by atoms with van der Waals surface area (Å²) >= 11 is 6.00. The zero-order chi connectivity index (χ0) is 18.4. The number of hydrogen-bond donors (Lipinski definition) is 0. The molecule has 26 heavy (non-hydrogen) atoms. The maximum atomic E-state index is 13.0. The SMILES string of the molecule is CCCn1c(=O)c2c(nc3n2CCCN3c2ccc(Cl)cc2)n(C)c1=O. The molecule has 7 nitrogen and oxygen atoms in total. The van der Waals surface area contributed by atoms with E-state index < -0.39 is 0 Å². The molecular formula is C18H20ClN5O2. The first-order valence-corrected chi connectivity index (χ1v) is 9.14. The second-order valence-electron chi connectivity index (χ2n) is 6.52. The molecule has 8 heteroatoms. The fourth-order valence-electron chi connectivity index (χ4n) is 3.55. The lowest BCUT2D eigenvalue weighted by molar-refractivity contribution is 0.579. The van der Waals surface area contributed by atoms with Gasteiger partial charge in [0.1, 0.15) is 0 Å². The number of fused-ring (bicyclic) bond motifs is 3. The molecule has 1 aromatic carbocycles. The Morgan fingerprint density at radius 1 is 1.15 bits per heavy atom. The van der Waals surface area contributed by atoms with Crippen molar-refractivity contribution in [1.29, 1.82) is 0 Å². The maximum absolute atomic E-state index is 13.0. The van der Waals surface area contributed by atoms with Gasteiger partial charge in [-0.25, -0.2) is 4.79 Å². The molecule has 0 atom stereocenters. The smallest absolute Gasteiger partial charge is 0.312 e. The van der Waals surface area contributed by atoms with Gasteiger partial charge in [0.2, 0.25) is 5.95 Å². The number of benzene rings is 1. The van der Waals surface area contributed by atoms with Crippen LogP contribution in [0.25, 0.3) is 11.2 Å². The minimum atomic E-state index is -0.321. The molecule has 3 heterocycles. The molecule has 1 aliphatic heterocycles. The summed E-state index contributed by atoms with van der Waals surface area (Å²) in [5, 5.41) is 0.670. The largest absolute Gasteiger partial charge is 0.332 e. The molecule has 0 aliphatic carbocycles. The zero-order valence-corrected chi connectivity index (χ0v) is 15.5. The minimum absolute atomic E-state index is 0.262. The van der Waals surface area contributed by atoms with Crippen molar-refractivity contribution in [3.05, 3.63) is 50.1 Å². The van der Waals surface area contributed by atoms with Crippen LogP contribution in [0.3, 0.4) is 0 Å². The van der Waals surface area contributed by atoms with Gasteiger partial charge in [-0.3, -0.25) is 13.9 Å². The van der Waals surface area contributed by atoms with Crippen molar-refractivity contribution in [1.82, 2.24) is 18.7 Å². The lowest BCUT2D eigenvalue weighted by atomic mass is 10.2.